The number of hydrogen-bond donors (Lipinski definition) is 1. The molecule has 1 heterocycles. The van der Waals surface area contributed by atoms with Gasteiger partial charge in [0.15, 0.2) is 11.5 Å². The Hall–Kier alpha value is -3.98. The number of anilines is 1. The van der Waals surface area contributed by atoms with Gasteiger partial charge >= 0.3 is 6.03 Å². The van der Waals surface area contributed by atoms with Crippen molar-refractivity contribution < 1.29 is 28.2 Å². The van der Waals surface area contributed by atoms with Gasteiger partial charge < -0.3 is 9.47 Å². The van der Waals surface area contributed by atoms with E-state index in [9.17, 15) is 18.8 Å². The van der Waals surface area contributed by atoms with Crippen LogP contribution < -0.4 is 19.7 Å². The van der Waals surface area contributed by atoms with Crippen LogP contribution in [0.1, 0.15) is 23.6 Å². The maximum Gasteiger partial charge on any atom is 0.335 e. The van der Waals surface area contributed by atoms with E-state index in [-0.39, 0.29) is 18.0 Å². The van der Waals surface area contributed by atoms with Crippen molar-refractivity contribution in [1.82, 2.24) is 5.32 Å². The lowest BCUT2D eigenvalue weighted by Crippen LogP contribution is -2.54. The number of halogens is 2. The Bertz CT molecular complexity index is 1370. The third kappa shape index (κ3) is 5.31. The molecule has 9 heteroatoms. The van der Waals surface area contributed by atoms with Gasteiger partial charge in [0.25, 0.3) is 11.8 Å². The van der Waals surface area contributed by atoms with Crippen LogP contribution >= 0.6 is 15.9 Å². The second kappa shape index (κ2) is 10.7. The molecule has 0 saturated carbocycles. The summed E-state index contributed by atoms with van der Waals surface area (Å²) in [7, 11) is 0. The number of ether oxygens (including phenoxy) is 2. The number of para-hydroxylation sites is 1. The van der Waals surface area contributed by atoms with Crippen LogP contribution in [0, 0.1) is 12.7 Å². The molecule has 184 valence electrons. The van der Waals surface area contributed by atoms with Crippen molar-refractivity contribution >= 4 is 45.5 Å². The van der Waals surface area contributed by atoms with E-state index in [1.807, 2.05) is 6.92 Å². The standard InChI is InChI=1S/C27H22BrFN2O5/c1-3-35-23-14-18(13-21(28)24(23)36-15-17-8-10-19(29)11-9-17)12-20-25(32)30-27(34)31(26(20)33)22-7-5-4-6-16(22)2/h4-14H,3,15H2,1-2H3,(H,30,32,34)/b20-12+. The number of nitrogens with zero attached hydrogens (tertiary/aromatic N) is 1. The molecule has 1 aliphatic heterocycles. The predicted octanol–water partition coefficient (Wildman–Crippen LogP) is 5.54. The van der Waals surface area contributed by atoms with Crippen molar-refractivity contribution in [3.05, 3.63) is 93.2 Å². The molecule has 1 N–H and O–H groups in total. The lowest BCUT2D eigenvalue weighted by molar-refractivity contribution is -0.122. The molecular formula is C27H22BrFN2O5. The Kier molecular flexibility index (Phi) is 7.49. The molecule has 1 fully saturated rings. The van der Waals surface area contributed by atoms with E-state index in [0.29, 0.717) is 39.4 Å². The van der Waals surface area contributed by atoms with Crippen LogP contribution in [0.25, 0.3) is 6.08 Å². The van der Waals surface area contributed by atoms with Gasteiger partial charge in [-0.1, -0.05) is 30.3 Å². The van der Waals surface area contributed by atoms with E-state index < -0.39 is 17.8 Å². The summed E-state index contributed by atoms with van der Waals surface area (Å²) in [4.78, 5) is 39.3. The third-order valence-electron chi connectivity index (χ3n) is 5.40. The molecule has 0 unspecified atom stereocenters. The molecule has 1 saturated heterocycles. The average molecular weight is 553 g/mol. The van der Waals surface area contributed by atoms with Crippen LogP contribution in [0.15, 0.2) is 70.7 Å². The highest BCUT2D eigenvalue weighted by atomic mass is 79.9. The minimum absolute atomic E-state index is 0.174. The van der Waals surface area contributed by atoms with Gasteiger partial charge in [-0.2, -0.15) is 0 Å². The summed E-state index contributed by atoms with van der Waals surface area (Å²) in [6.07, 6.45) is 1.40. The second-order valence-corrected chi connectivity index (χ2v) is 8.78. The Labute approximate surface area is 215 Å². The molecule has 0 aromatic heterocycles. The first-order valence-corrected chi connectivity index (χ1v) is 11.9. The van der Waals surface area contributed by atoms with Gasteiger partial charge in [0.05, 0.1) is 16.8 Å². The van der Waals surface area contributed by atoms with Crippen molar-refractivity contribution in [2.24, 2.45) is 0 Å². The zero-order chi connectivity index (χ0) is 25.8. The van der Waals surface area contributed by atoms with Crippen LogP contribution in [-0.4, -0.2) is 24.5 Å². The Morgan fingerprint density at radius 1 is 1.03 bits per heavy atom. The number of amides is 4. The van der Waals surface area contributed by atoms with E-state index in [0.717, 1.165) is 10.5 Å². The Balaban J connectivity index is 1.66. The molecule has 0 atom stereocenters. The Morgan fingerprint density at radius 3 is 2.44 bits per heavy atom. The number of carbonyl (C=O) groups excluding carboxylic acids is 3. The monoisotopic (exact) mass is 552 g/mol. The van der Waals surface area contributed by atoms with Crippen LogP contribution in [0.2, 0.25) is 0 Å². The maximum absolute atomic E-state index is 13.2. The highest BCUT2D eigenvalue weighted by Gasteiger charge is 2.37. The molecule has 4 rings (SSSR count). The van der Waals surface area contributed by atoms with Crippen LogP contribution in [0.5, 0.6) is 11.5 Å². The van der Waals surface area contributed by atoms with E-state index in [1.54, 1.807) is 55.5 Å². The molecular weight excluding hydrogens is 531 g/mol. The quantitative estimate of drug-likeness (QED) is 0.307. The number of rotatable bonds is 7. The van der Waals surface area contributed by atoms with E-state index >= 15 is 0 Å². The van der Waals surface area contributed by atoms with Crippen molar-refractivity contribution in [3.63, 3.8) is 0 Å². The molecule has 0 spiro atoms. The number of aryl methyl sites for hydroxylation is 1. The third-order valence-corrected chi connectivity index (χ3v) is 5.99. The lowest BCUT2D eigenvalue weighted by Gasteiger charge is -2.27. The highest BCUT2D eigenvalue weighted by Crippen LogP contribution is 2.38. The van der Waals surface area contributed by atoms with Gasteiger partial charge in [0.1, 0.15) is 18.0 Å². The summed E-state index contributed by atoms with van der Waals surface area (Å²) < 4.78 is 25.4. The van der Waals surface area contributed by atoms with Crippen LogP contribution in [0.3, 0.4) is 0 Å². The zero-order valence-corrected chi connectivity index (χ0v) is 21.1. The first-order chi connectivity index (χ1) is 17.3. The number of hydrogen-bond acceptors (Lipinski definition) is 5. The summed E-state index contributed by atoms with van der Waals surface area (Å²) in [5.41, 5.74) is 2.14. The number of urea groups is 1. The largest absolute Gasteiger partial charge is 0.490 e. The summed E-state index contributed by atoms with van der Waals surface area (Å²) >= 11 is 3.47. The van der Waals surface area contributed by atoms with Crippen molar-refractivity contribution in [2.45, 2.75) is 20.5 Å². The topological polar surface area (TPSA) is 84.9 Å². The summed E-state index contributed by atoms with van der Waals surface area (Å²) in [6, 6.07) is 15.3. The van der Waals surface area contributed by atoms with E-state index in [2.05, 4.69) is 21.2 Å². The molecule has 36 heavy (non-hydrogen) atoms. The Morgan fingerprint density at radius 2 is 1.75 bits per heavy atom. The second-order valence-electron chi connectivity index (χ2n) is 7.92. The van der Waals surface area contributed by atoms with Crippen molar-refractivity contribution in [3.8, 4) is 11.5 Å². The van der Waals surface area contributed by atoms with Gasteiger partial charge in [-0.25, -0.2) is 14.1 Å². The number of carbonyl (C=O) groups is 3. The van der Waals surface area contributed by atoms with Crippen LogP contribution in [0.4, 0.5) is 14.9 Å². The first kappa shape index (κ1) is 25.1. The SMILES string of the molecule is CCOc1cc(/C=C2\C(=O)NC(=O)N(c3ccccc3C)C2=O)cc(Br)c1OCc1ccc(F)cc1. The lowest BCUT2D eigenvalue weighted by atomic mass is 10.1. The molecule has 4 amide bonds. The molecule has 3 aromatic carbocycles. The number of benzene rings is 3. The predicted molar refractivity (Wildman–Crippen MR) is 136 cm³/mol. The molecule has 0 bridgehead atoms. The first-order valence-electron chi connectivity index (χ1n) is 11.1. The minimum Gasteiger partial charge on any atom is -0.490 e. The highest BCUT2D eigenvalue weighted by molar-refractivity contribution is 9.10. The minimum atomic E-state index is -0.808. The zero-order valence-electron chi connectivity index (χ0n) is 19.5. The van der Waals surface area contributed by atoms with E-state index in [4.69, 9.17) is 9.47 Å². The average Bonchev–Trinajstić information content (AvgIpc) is 2.83. The van der Waals surface area contributed by atoms with E-state index in [1.165, 1.54) is 18.2 Å². The fraction of sp³-hybridized carbons (Fsp3) is 0.148. The smallest absolute Gasteiger partial charge is 0.335 e. The van der Waals surface area contributed by atoms with Crippen molar-refractivity contribution in [2.75, 3.05) is 11.5 Å². The summed E-state index contributed by atoms with van der Waals surface area (Å²) in [5, 5.41) is 2.23. The van der Waals surface area contributed by atoms with Gasteiger partial charge in [0, 0.05) is 0 Å². The fourth-order valence-corrected chi connectivity index (χ4v) is 4.24. The molecule has 7 nitrogen and oxygen atoms in total. The number of barbiturate groups is 1. The van der Waals surface area contributed by atoms with Gasteiger partial charge in [0.2, 0.25) is 0 Å². The summed E-state index contributed by atoms with van der Waals surface area (Å²) in [5.74, 6) is -1.06. The van der Waals surface area contributed by atoms with Gasteiger partial charge in [-0.3, -0.25) is 14.9 Å². The van der Waals surface area contributed by atoms with Gasteiger partial charge in [-0.05, 0) is 82.9 Å². The molecule has 0 aliphatic carbocycles. The molecule has 3 aromatic rings. The van der Waals surface area contributed by atoms with Gasteiger partial charge in [-0.15, -0.1) is 0 Å². The number of imide groups is 2. The maximum atomic E-state index is 13.2. The molecule has 0 radical (unpaired) electrons. The van der Waals surface area contributed by atoms with Crippen LogP contribution in [-0.2, 0) is 16.2 Å². The summed E-state index contributed by atoms with van der Waals surface area (Å²) in [6.45, 7) is 4.10. The van der Waals surface area contributed by atoms with Crippen molar-refractivity contribution in [1.29, 1.82) is 0 Å². The fourth-order valence-electron chi connectivity index (χ4n) is 3.67. The number of nitrogens with one attached hydrogen (secondary N) is 1. The molecule has 1 aliphatic rings. The normalized spacial score (nSPS) is 14.7.